The van der Waals surface area contributed by atoms with Crippen LogP contribution in [0.15, 0.2) is 34.7 Å². The average Bonchev–Trinajstić information content (AvgIpc) is 3.17. The number of sulfone groups is 1. The average molecular weight is 850 g/mol. The molecule has 0 aromatic heterocycles. The van der Waals surface area contributed by atoms with Gasteiger partial charge in [0.25, 0.3) is 0 Å². The van der Waals surface area contributed by atoms with Gasteiger partial charge < -0.3 is 4.90 Å². The molecule has 0 saturated carbocycles. The minimum atomic E-state index is -8.74. The first kappa shape index (κ1) is 43.2. The van der Waals surface area contributed by atoms with E-state index < -0.39 is 92.5 Å². The van der Waals surface area contributed by atoms with E-state index in [4.69, 9.17) is 0 Å². The lowest BCUT2D eigenvalue weighted by molar-refractivity contribution is -0.461. The van der Waals surface area contributed by atoms with Gasteiger partial charge in [0.15, 0.2) is 9.84 Å². The Morgan fingerprint density at radius 1 is 0.816 bits per heavy atom. The topological polar surface area (TPSA) is 54.5 Å². The minimum absolute atomic E-state index is 0.0423. The van der Waals surface area contributed by atoms with E-state index in [-0.39, 0.29) is 40.5 Å². The van der Waals surface area contributed by atoms with Gasteiger partial charge in [-0.2, -0.15) is 74.6 Å². The molecular weight excluding hydrogens is 829 g/mol. The molecule has 0 N–H and O–H groups in total. The summed E-state index contributed by atoms with van der Waals surface area (Å²) < 4.78 is 255. The second-order valence-electron chi connectivity index (χ2n) is 10.5. The van der Waals surface area contributed by atoms with Crippen molar-refractivity contribution in [1.29, 1.82) is 0 Å². The first-order chi connectivity index (χ1) is 21.7. The van der Waals surface area contributed by atoms with Gasteiger partial charge in [-0.15, -0.1) is 11.8 Å². The summed E-state index contributed by atoms with van der Waals surface area (Å²) in [6.07, 6.45) is -11.2. The van der Waals surface area contributed by atoms with Crippen LogP contribution in [0.4, 0.5) is 80.3 Å². The monoisotopic (exact) mass is 849 g/mol. The Hall–Kier alpha value is -1.98. The highest BCUT2D eigenvalue weighted by molar-refractivity contribution is 9.10. The molecule has 0 bridgehead atoms. The molecule has 0 radical (unpaired) electrons. The lowest BCUT2D eigenvalue weighted by Gasteiger charge is -2.43. The Labute approximate surface area is 278 Å². The fourth-order valence-electron chi connectivity index (χ4n) is 4.48. The summed E-state index contributed by atoms with van der Waals surface area (Å²) in [6, 6.07) is 3.84. The largest absolute Gasteiger partial charge is 0.460 e. The molecule has 1 unspecified atom stereocenters. The summed E-state index contributed by atoms with van der Waals surface area (Å²) in [5, 5.41) is 0.428. The maximum Gasteiger partial charge on any atom is 0.460 e. The van der Waals surface area contributed by atoms with Crippen LogP contribution in [0.2, 0.25) is 0 Å². The first-order valence-electron chi connectivity index (χ1n) is 13.0. The summed E-state index contributed by atoms with van der Waals surface area (Å²) in [4.78, 5) is 14.6. The number of nitrogens with zero attached hydrogens (tertiary/aromatic N) is 1. The van der Waals surface area contributed by atoms with Gasteiger partial charge in [-0.25, -0.2) is 8.42 Å². The molecule has 24 heteroatoms. The van der Waals surface area contributed by atoms with Gasteiger partial charge in [-0.05, 0) is 31.0 Å². The molecule has 4 nitrogen and oxygen atoms in total. The second kappa shape index (κ2) is 13.2. The fraction of sp³-hybridized carbons (Fsp3) is 0.640. The molecule has 1 atom stereocenters. The number of carbonyl (C=O) groups excluding carboxylic acids is 1. The highest BCUT2D eigenvalue weighted by atomic mass is 79.9. The molecule has 2 rings (SSSR count). The quantitative estimate of drug-likeness (QED) is 0.156. The van der Waals surface area contributed by atoms with Crippen LogP contribution in [0.1, 0.15) is 31.7 Å². The molecule has 1 aromatic carbocycles. The van der Waals surface area contributed by atoms with Crippen LogP contribution < -0.4 is 4.90 Å². The number of benzene rings is 1. The molecule has 0 spiro atoms. The molecule has 1 aromatic rings. The Morgan fingerprint density at radius 2 is 1.29 bits per heavy atom. The van der Waals surface area contributed by atoms with Gasteiger partial charge >= 0.3 is 47.6 Å². The molecule has 0 fully saturated rings. The van der Waals surface area contributed by atoms with Crippen LogP contribution in [-0.2, 0) is 19.4 Å². The number of hydrogen-bond acceptors (Lipinski definition) is 4. The predicted octanol–water partition coefficient (Wildman–Crippen LogP) is 9.48. The van der Waals surface area contributed by atoms with Crippen molar-refractivity contribution in [2.75, 3.05) is 23.0 Å². The van der Waals surface area contributed by atoms with Gasteiger partial charge in [0, 0.05) is 39.9 Å². The smallest absolute Gasteiger partial charge is 0.311 e. The molecule has 282 valence electrons. The van der Waals surface area contributed by atoms with Crippen molar-refractivity contribution in [3.8, 4) is 0 Å². The number of carbonyl (C=O) groups is 1. The summed E-state index contributed by atoms with van der Waals surface area (Å²) in [6.45, 7) is 4.49. The number of halogens is 18. The van der Waals surface area contributed by atoms with Gasteiger partial charge in [-0.3, -0.25) is 4.79 Å². The zero-order valence-corrected chi connectivity index (χ0v) is 27.3. The van der Waals surface area contributed by atoms with Crippen LogP contribution >= 0.6 is 27.7 Å². The maximum atomic E-state index is 14.7. The minimum Gasteiger partial charge on any atom is -0.311 e. The molecule has 0 saturated heterocycles. The molecule has 1 aliphatic rings. The maximum absolute atomic E-state index is 14.7. The van der Waals surface area contributed by atoms with Crippen LogP contribution in [-0.4, -0.2) is 80.0 Å². The van der Waals surface area contributed by atoms with Gasteiger partial charge in [0.2, 0.25) is 5.91 Å². The number of rotatable bonds is 16. The first-order valence-corrected chi connectivity index (χ1v) is 16.5. The number of hydrogen-bond donors (Lipinski definition) is 0. The zero-order valence-electron chi connectivity index (χ0n) is 24.1. The van der Waals surface area contributed by atoms with Crippen LogP contribution in [0.5, 0.6) is 0 Å². The standard InChI is InChI=1S/C25H21BrF17NO3S2/c1-3-9-44-15-6-5-13(26)12-14(15)17(16(44)45,8-11-49(46,47)4-2)48-10-7-18(27,28)19(29,30)20(31,32)21(33,34)22(35,36)23(37,38)24(39,40)25(41,42)43/h4-6,12H,2-3,7-11H2,1H3. The van der Waals surface area contributed by atoms with Gasteiger partial charge in [-0.1, -0.05) is 29.4 Å². The predicted molar refractivity (Wildman–Crippen MR) is 145 cm³/mol. The van der Waals surface area contributed by atoms with E-state index in [1.165, 1.54) is 18.2 Å². The van der Waals surface area contributed by atoms with E-state index in [1.807, 2.05) is 0 Å². The van der Waals surface area contributed by atoms with Crippen molar-refractivity contribution >= 4 is 49.1 Å². The number of alkyl halides is 17. The van der Waals surface area contributed by atoms with Crippen molar-refractivity contribution in [3.63, 3.8) is 0 Å². The molecule has 1 amide bonds. The zero-order chi connectivity index (χ0) is 38.7. The molecular formula is C25H21BrF17NO3S2. The molecule has 0 aliphatic carbocycles. The van der Waals surface area contributed by atoms with E-state index in [9.17, 15) is 87.8 Å². The highest BCUT2D eigenvalue weighted by Gasteiger charge is 2.95. The Kier molecular flexibility index (Phi) is 11.6. The summed E-state index contributed by atoms with van der Waals surface area (Å²) in [5.74, 6) is -61.0. The Bertz CT molecular complexity index is 1530. The van der Waals surface area contributed by atoms with E-state index in [1.54, 1.807) is 6.92 Å². The van der Waals surface area contributed by atoms with E-state index in [2.05, 4.69) is 22.5 Å². The van der Waals surface area contributed by atoms with Gasteiger partial charge in [0.05, 0.1) is 5.75 Å². The number of fused-ring (bicyclic) bond motifs is 1. The normalized spacial score (nSPS) is 19.0. The van der Waals surface area contributed by atoms with Crippen molar-refractivity contribution in [2.45, 2.75) is 78.6 Å². The lowest BCUT2D eigenvalue weighted by Crippen LogP contribution is -2.74. The molecule has 1 heterocycles. The van der Waals surface area contributed by atoms with E-state index in [0.29, 0.717) is 5.41 Å². The summed E-state index contributed by atoms with van der Waals surface area (Å²) in [7, 11) is -4.21. The number of amides is 1. The fourth-order valence-corrected chi connectivity index (χ4v) is 7.24. The van der Waals surface area contributed by atoms with Gasteiger partial charge in [0.1, 0.15) is 4.75 Å². The van der Waals surface area contributed by atoms with Crippen molar-refractivity contribution < 1.29 is 87.8 Å². The van der Waals surface area contributed by atoms with Crippen LogP contribution in [0.25, 0.3) is 0 Å². The second-order valence-corrected chi connectivity index (χ2v) is 14.9. The van der Waals surface area contributed by atoms with Crippen molar-refractivity contribution in [2.24, 2.45) is 0 Å². The van der Waals surface area contributed by atoms with E-state index in [0.717, 1.165) is 4.90 Å². The summed E-state index contributed by atoms with van der Waals surface area (Å²) in [5.41, 5.74) is -0.0929. The van der Waals surface area contributed by atoms with Crippen LogP contribution in [0.3, 0.4) is 0 Å². The lowest BCUT2D eigenvalue weighted by atomic mass is 9.88. The third-order valence-electron chi connectivity index (χ3n) is 7.27. The SMILES string of the molecule is C=CS(=O)(=O)CCC1(SCCC(F)(F)C(F)(F)C(F)(F)C(F)(F)C(F)(F)C(F)(F)C(F)(F)C(F)(F)F)C(=O)N(CCC)c2ccc(Br)cc21. The Balaban J connectivity index is 2.57. The molecule has 1 aliphatic heterocycles. The summed E-state index contributed by atoms with van der Waals surface area (Å²) >= 11 is 2.95. The number of anilines is 1. The Morgan fingerprint density at radius 3 is 1.73 bits per heavy atom. The van der Waals surface area contributed by atoms with E-state index >= 15 is 0 Å². The van der Waals surface area contributed by atoms with Crippen LogP contribution in [0, 0.1) is 0 Å². The van der Waals surface area contributed by atoms with Crippen molar-refractivity contribution in [1.82, 2.24) is 0 Å². The highest BCUT2D eigenvalue weighted by Crippen LogP contribution is 2.64. The molecule has 49 heavy (non-hydrogen) atoms. The number of thioether (sulfide) groups is 1. The third-order valence-corrected chi connectivity index (χ3v) is 10.5. The third kappa shape index (κ3) is 6.74. The van der Waals surface area contributed by atoms with Crippen molar-refractivity contribution in [3.05, 3.63) is 40.2 Å².